The Kier molecular flexibility index (Phi) is 5.61. The highest BCUT2D eigenvalue weighted by Gasteiger charge is 2.19. The lowest BCUT2D eigenvalue weighted by molar-refractivity contribution is -0.122. The van der Waals surface area contributed by atoms with Gasteiger partial charge in [0.2, 0.25) is 5.91 Å². The van der Waals surface area contributed by atoms with Gasteiger partial charge in [0.1, 0.15) is 0 Å². The summed E-state index contributed by atoms with van der Waals surface area (Å²) >= 11 is 0. The van der Waals surface area contributed by atoms with Gasteiger partial charge in [-0.2, -0.15) is 0 Å². The highest BCUT2D eigenvalue weighted by molar-refractivity contribution is 5.78. The summed E-state index contributed by atoms with van der Waals surface area (Å²) < 4.78 is 1.96. The van der Waals surface area contributed by atoms with Crippen LogP contribution >= 0.6 is 0 Å². The quantitative estimate of drug-likeness (QED) is 0.836. The Hall–Kier alpha value is -2.18. The van der Waals surface area contributed by atoms with Crippen molar-refractivity contribution in [2.45, 2.75) is 25.4 Å². The fourth-order valence-corrected chi connectivity index (χ4v) is 3.17. The number of aromatic nitrogens is 2. The van der Waals surface area contributed by atoms with Crippen molar-refractivity contribution in [3.05, 3.63) is 48.5 Å². The molecule has 1 aromatic heterocycles. The number of benzene rings is 1. The van der Waals surface area contributed by atoms with Gasteiger partial charge in [0.25, 0.3) is 0 Å². The van der Waals surface area contributed by atoms with E-state index in [1.54, 1.807) is 12.5 Å². The van der Waals surface area contributed by atoms with Crippen molar-refractivity contribution in [3.8, 4) is 5.69 Å². The molecule has 2 N–H and O–H groups in total. The van der Waals surface area contributed by atoms with Crippen LogP contribution in [0.2, 0.25) is 0 Å². The highest BCUT2D eigenvalue weighted by Crippen LogP contribution is 2.14. The normalized spacial score (nSPS) is 15.6. The minimum Gasteiger partial charge on any atom is -0.351 e. The van der Waals surface area contributed by atoms with Gasteiger partial charge in [-0.25, -0.2) is 4.98 Å². The van der Waals surface area contributed by atoms with Crippen LogP contribution in [0.4, 0.5) is 0 Å². The van der Waals surface area contributed by atoms with Crippen molar-refractivity contribution in [3.63, 3.8) is 0 Å². The largest absolute Gasteiger partial charge is 0.351 e. The van der Waals surface area contributed by atoms with E-state index in [-0.39, 0.29) is 5.91 Å². The van der Waals surface area contributed by atoms with Crippen LogP contribution in [-0.2, 0) is 11.3 Å². The molecule has 2 aromatic rings. The molecule has 1 aliphatic heterocycles. The van der Waals surface area contributed by atoms with Gasteiger partial charge in [-0.3, -0.25) is 9.69 Å². The van der Waals surface area contributed by atoms with Crippen molar-refractivity contribution < 1.29 is 4.79 Å². The third-order valence-corrected chi connectivity index (χ3v) is 4.58. The van der Waals surface area contributed by atoms with Crippen LogP contribution in [0, 0.1) is 0 Å². The summed E-state index contributed by atoms with van der Waals surface area (Å²) in [7, 11) is 2.04. The molecule has 0 bridgehead atoms. The minimum atomic E-state index is 0.0662. The molecule has 2 heterocycles. The van der Waals surface area contributed by atoms with E-state index >= 15 is 0 Å². The SMILES string of the molecule is CN(CC(=O)NCc1ccccc1-n1ccnc1)C1CCNCC1. The molecule has 0 unspecified atom stereocenters. The average molecular weight is 327 g/mol. The lowest BCUT2D eigenvalue weighted by Gasteiger charge is -2.31. The number of amides is 1. The predicted molar refractivity (Wildman–Crippen MR) is 93.9 cm³/mol. The number of rotatable bonds is 6. The van der Waals surface area contributed by atoms with E-state index in [0.29, 0.717) is 19.1 Å². The number of carbonyl (C=O) groups is 1. The van der Waals surface area contributed by atoms with E-state index in [0.717, 1.165) is 37.2 Å². The molecule has 6 nitrogen and oxygen atoms in total. The van der Waals surface area contributed by atoms with Crippen molar-refractivity contribution in [2.75, 3.05) is 26.7 Å². The highest BCUT2D eigenvalue weighted by atomic mass is 16.2. The number of imidazole rings is 1. The Labute approximate surface area is 142 Å². The van der Waals surface area contributed by atoms with Crippen LogP contribution in [0.1, 0.15) is 18.4 Å². The van der Waals surface area contributed by atoms with Gasteiger partial charge in [-0.1, -0.05) is 18.2 Å². The van der Waals surface area contributed by atoms with Crippen LogP contribution in [0.5, 0.6) is 0 Å². The number of nitrogens with one attached hydrogen (secondary N) is 2. The topological polar surface area (TPSA) is 62.2 Å². The second-order valence-electron chi connectivity index (χ2n) is 6.27. The van der Waals surface area contributed by atoms with E-state index in [2.05, 4.69) is 20.5 Å². The number of hydrogen-bond donors (Lipinski definition) is 2. The van der Waals surface area contributed by atoms with Crippen LogP contribution in [0.25, 0.3) is 5.69 Å². The molecule has 0 saturated carbocycles. The van der Waals surface area contributed by atoms with E-state index in [1.165, 1.54) is 0 Å². The zero-order valence-electron chi connectivity index (χ0n) is 14.1. The molecule has 0 atom stereocenters. The molecule has 0 aliphatic carbocycles. The number of carbonyl (C=O) groups excluding carboxylic acids is 1. The molecule has 6 heteroatoms. The molecule has 0 radical (unpaired) electrons. The monoisotopic (exact) mass is 327 g/mol. The molecular formula is C18H25N5O. The Morgan fingerprint density at radius 2 is 2.17 bits per heavy atom. The molecule has 1 saturated heterocycles. The molecule has 128 valence electrons. The number of piperidine rings is 1. The number of likely N-dealkylation sites (N-methyl/N-ethyl adjacent to an activating group) is 1. The summed E-state index contributed by atoms with van der Waals surface area (Å²) in [5.74, 6) is 0.0662. The maximum absolute atomic E-state index is 12.3. The summed E-state index contributed by atoms with van der Waals surface area (Å²) in [6.45, 7) is 3.04. The van der Waals surface area contributed by atoms with Gasteiger partial charge < -0.3 is 15.2 Å². The molecule has 1 fully saturated rings. The minimum absolute atomic E-state index is 0.0662. The molecule has 1 aliphatic rings. The molecule has 1 aromatic carbocycles. The number of para-hydroxylation sites is 1. The lowest BCUT2D eigenvalue weighted by Crippen LogP contribution is -2.45. The smallest absolute Gasteiger partial charge is 0.234 e. The maximum atomic E-state index is 12.3. The Balaban J connectivity index is 1.55. The van der Waals surface area contributed by atoms with Gasteiger partial charge in [-0.15, -0.1) is 0 Å². The summed E-state index contributed by atoms with van der Waals surface area (Å²) in [6.07, 6.45) is 7.64. The second-order valence-corrected chi connectivity index (χ2v) is 6.27. The van der Waals surface area contributed by atoms with Gasteiger partial charge in [0.15, 0.2) is 0 Å². The van der Waals surface area contributed by atoms with E-state index in [9.17, 15) is 4.79 Å². The molecule has 24 heavy (non-hydrogen) atoms. The maximum Gasteiger partial charge on any atom is 0.234 e. The van der Waals surface area contributed by atoms with Gasteiger partial charge in [0, 0.05) is 25.0 Å². The third kappa shape index (κ3) is 4.21. The standard InChI is InChI=1S/C18H25N5O/c1-22(16-6-8-19-9-7-16)13-18(24)21-12-15-4-2-3-5-17(15)23-11-10-20-14-23/h2-5,10-11,14,16,19H,6-9,12-13H2,1H3,(H,21,24). The first-order valence-electron chi connectivity index (χ1n) is 8.48. The second kappa shape index (κ2) is 8.08. The van der Waals surface area contributed by atoms with Crippen molar-refractivity contribution in [1.82, 2.24) is 25.1 Å². The van der Waals surface area contributed by atoms with E-state index < -0.39 is 0 Å². The molecule has 1 amide bonds. The zero-order valence-corrected chi connectivity index (χ0v) is 14.1. The van der Waals surface area contributed by atoms with Gasteiger partial charge >= 0.3 is 0 Å². The fourth-order valence-electron chi connectivity index (χ4n) is 3.17. The molecule has 0 spiro atoms. The van der Waals surface area contributed by atoms with Crippen LogP contribution in [-0.4, -0.2) is 53.1 Å². The average Bonchev–Trinajstić information content (AvgIpc) is 3.15. The Bertz CT molecular complexity index is 649. The van der Waals surface area contributed by atoms with E-state index in [4.69, 9.17) is 0 Å². The summed E-state index contributed by atoms with van der Waals surface area (Å²) in [4.78, 5) is 18.5. The van der Waals surface area contributed by atoms with Crippen LogP contribution in [0.15, 0.2) is 43.0 Å². The Morgan fingerprint density at radius 3 is 2.92 bits per heavy atom. The van der Waals surface area contributed by atoms with Gasteiger partial charge in [-0.05, 0) is 44.6 Å². The third-order valence-electron chi connectivity index (χ3n) is 4.58. The summed E-state index contributed by atoms with van der Waals surface area (Å²) in [5.41, 5.74) is 2.12. The van der Waals surface area contributed by atoms with Crippen LogP contribution in [0.3, 0.4) is 0 Å². The fraction of sp³-hybridized carbons (Fsp3) is 0.444. The number of hydrogen-bond acceptors (Lipinski definition) is 4. The summed E-state index contributed by atoms with van der Waals surface area (Å²) in [5, 5.41) is 6.40. The predicted octanol–water partition coefficient (Wildman–Crippen LogP) is 1.17. The van der Waals surface area contributed by atoms with E-state index in [1.807, 2.05) is 42.1 Å². The first-order chi connectivity index (χ1) is 11.7. The number of nitrogens with zero attached hydrogens (tertiary/aromatic N) is 3. The van der Waals surface area contributed by atoms with Gasteiger partial charge in [0.05, 0.1) is 18.6 Å². The summed E-state index contributed by atoms with van der Waals surface area (Å²) in [6, 6.07) is 8.54. The first-order valence-corrected chi connectivity index (χ1v) is 8.48. The van der Waals surface area contributed by atoms with Crippen molar-refractivity contribution in [1.29, 1.82) is 0 Å². The Morgan fingerprint density at radius 1 is 1.38 bits per heavy atom. The first kappa shape index (κ1) is 16.7. The van der Waals surface area contributed by atoms with Crippen LogP contribution < -0.4 is 10.6 Å². The molecule has 3 rings (SSSR count). The van der Waals surface area contributed by atoms with Crippen molar-refractivity contribution in [2.24, 2.45) is 0 Å². The van der Waals surface area contributed by atoms with Crippen molar-refractivity contribution >= 4 is 5.91 Å². The lowest BCUT2D eigenvalue weighted by atomic mass is 10.1. The zero-order chi connectivity index (χ0) is 16.8. The molecular weight excluding hydrogens is 302 g/mol.